The molecule has 2 aromatic rings. The van der Waals surface area contributed by atoms with Gasteiger partial charge in [-0.1, -0.05) is 12.1 Å². The fourth-order valence-corrected chi connectivity index (χ4v) is 2.12. The summed E-state index contributed by atoms with van der Waals surface area (Å²) in [5.74, 6) is 1.70. The second-order valence-corrected chi connectivity index (χ2v) is 4.98. The molecule has 0 aliphatic carbocycles. The third kappa shape index (κ3) is 6.41. The van der Waals surface area contributed by atoms with Crippen LogP contribution in [0, 0.1) is 5.82 Å². The molecule has 25 heavy (non-hydrogen) atoms. The zero-order valence-corrected chi connectivity index (χ0v) is 16.8. The van der Waals surface area contributed by atoms with Gasteiger partial charge in [-0.25, -0.2) is 4.39 Å². The summed E-state index contributed by atoms with van der Waals surface area (Å²) in [6, 6.07) is 11.9. The highest BCUT2D eigenvalue weighted by molar-refractivity contribution is 14.0. The summed E-state index contributed by atoms with van der Waals surface area (Å²) < 4.78 is 23.8. The van der Waals surface area contributed by atoms with Crippen LogP contribution >= 0.6 is 24.0 Å². The van der Waals surface area contributed by atoms with Crippen LogP contribution < -0.4 is 20.1 Å². The van der Waals surface area contributed by atoms with Gasteiger partial charge >= 0.3 is 0 Å². The predicted molar refractivity (Wildman–Crippen MR) is 110 cm³/mol. The smallest absolute Gasteiger partial charge is 0.195 e. The van der Waals surface area contributed by atoms with Gasteiger partial charge in [0.1, 0.15) is 5.82 Å². The topological polar surface area (TPSA) is 54.9 Å². The summed E-state index contributed by atoms with van der Waals surface area (Å²) >= 11 is 0. The first-order chi connectivity index (χ1) is 11.7. The van der Waals surface area contributed by atoms with Crippen molar-refractivity contribution in [2.75, 3.05) is 26.1 Å². The van der Waals surface area contributed by atoms with E-state index in [1.54, 1.807) is 26.3 Å². The zero-order valence-electron chi connectivity index (χ0n) is 14.5. The van der Waals surface area contributed by atoms with Crippen LogP contribution in [0.5, 0.6) is 11.5 Å². The van der Waals surface area contributed by atoms with Gasteiger partial charge < -0.3 is 20.1 Å². The molecule has 0 fully saturated rings. The standard InChI is InChI=1S/C18H22FN3O2.HI/c1-4-24-16-10-9-15(11-17(16)23-3)22-18(20-2)21-12-13-5-7-14(19)8-6-13;/h5-11H,4,12H2,1-3H3,(H2,20,21,22);1H. The first kappa shape index (κ1) is 21.0. The van der Waals surface area contributed by atoms with Crippen molar-refractivity contribution in [3.05, 3.63) is 53.8 Å². The molecule has 0 spiro atoms. The number of benzene rings is 2. The van der Waals surface area contributed by atoms with Crippen molar-refractivity contribution in [3.63, 3.8) is 0 Å². The van der Waals surface area contributed by atoms with Crippen LogP contribution in [0.1, 0.15) is 12.5 Å². The van der Waals surface area contributed by atoms with Gasteiger partial charge in [-0.2, -0.15) is 0 Å². The molecule has 0 aliphatic heterocycles. The number of hydrogen-bond donors (Lipinski definition) is 2. The maximum absolute atomic E-state index is 12.9. The van der Waals surface area contributed by atoms with E-state index in [4.69, 9.17) is 9.47 Å². The number of halogens is 2. The van der Waals surface area contributed by atoms with Gasteiger partial charge in [0.05, 0.1) is 13.7 Å². The highest BCUT2D eigenvalue weighted by atomic mass is 127. The van der Waals surface area contributed by atoms with Gasteiger partial charge in [-0.15, -0.1) is 24.0 Å². The predicted octanol–water partition coefficient (Wildman–Crippen LogP) is 4.04. The summed E-state index contributed by atoms with van der Waals surface area (Å²) in [6.07, 6.45) is 0. The Hall–Kier alpha value is -2.03. The maximum atomic E-state index is 12.9. The molecular weight excluding hydrogens is 436 g/mol. The molecule has 0 unspecified atom stereocenters. The number of anilines is 1. The molecule has 0 aromatic heterocycles. The molecule has 0 heterocycles. The van der Waals surface area contributed by atoms with E-state index in [1.807, 2.05) is 25.1 Å². The fraction of sp³-hybridized carbons (Fsp3) is 0.278. The lowest BCUT2D eigenvalue weighted by atomic mass is 10.2. The summed E-state index contributed by atoms with van der Waals surface area (Å²) in [4.78, 5) is 4.18. The van der Waals surface area contributed by atoms with Crippen molar-refractivity contribution in [2.45, 2.75) is 13.5 Å². The van der Waals surface area contributed by atoms with Crippen LogP contribution in [0.4, 0.5) is 10.1 Å². The van der Waals surface area contributed by atoms with E-state index in [0.29, 0.717) is 30.6 Å². The summed E-state index contributed by atoms with van der Waals surface area (Å²) in [7, 11) is 3.29. The van der Waals surface area contributed by atoms with Gasteiger partial charge in [-0.3, -0.25) is 4.99 Å². The molecule has 7 heteroatoms. The molecule has 0 atom stereocenters. The first-order valence-electron chi connectivity index (χ1n) is 7.69. The van der Waals surface area contributed by atoms with Gasteiger partial charge in [0.15, 0.2) is 17.5 Å². The summed E-state index contributed by atoms with van der Waals surface area (Å²) in [5.41, 5.74) is 1.78. The third-order valence-electron chi connectivity index (χ3n) is 3.32. The van der Waals surface area contributed by atoms with E-state index >= 15 is 0 Å². The molecule has 0 saturated heterocycles. The molecule has 0 bridgehead atoms. The average molecular weight is 459 g/mol. The van der Waals surface area contributed by atoms with Crippen molar-refractivity contribution in [1.82, 2.24) is 5.32 Å². The van der Waals surface area contributed by atoms with Crippen LogP contribution in [0.25, 0.3) is 0 Å². The minimum atomic E-state index is -0.247. The lowest BCUT2D eigenvalue weighted by Gasteiger charge is -2.14. The first-order valence-corrected chi connectivity index (χ1v) is 7.69. The number of methoxy groups -OCH3 is 1. The molecule has 2 aromatic carbocycles. The van der Waals surface area contributed by atoms with Crippen molar-refractivity contribution in [3.8, 4) is 11.5 Å². The Kier molecular flexibility index (Phi) is 9.04. The van der Waals surface area contributed by atoms with E-state index in [2.05, 4.69) is 15.6 Å². The molecule has 0 saturated carbocycles. The summed E-state index contributed by atoms with van der Waals surface area (Å²) in [6.45, 7) is 3.03. The second kappa shape index (κ2) is 10.8. The second-order valence-electron chi connectivity index (χ2n) is 4.98. The molecule has 136 valence electrons. The maximum Gasteiger partial charge on any atom is 0.195 e. The lowest BCUT2D eigenvalue weighted by Crippen LogP contribution is -2.30. The SMILES string of the molecule is CCOc1ccc(NC(=NC)NCc2ccc(F)cc2)cc1OC.I. The molecule has 2 rings (SSSR count). The van der Waals surface area contributed by atoms with Crippen LogP contribution in [-0.2, 0) is 6.54 Å². The molecule has 0 amide bonds. The molecular formula is C18H23FIN3O2. The van der Waals surface area contributed by atoms with E-state index < -0.39 is 0 Å². The molecule has 0 radical (unpaired) electrons. The number of nitrogens with one attached hydrogen (secondary N) is 2. The van der Waals surface area contributed by atoms with Crippen LogP contribution in [0.15, 0.2) is 47.5 Å². The summed E-state index contributed by atoms with van der Waals surface area (Å²) in [5, 5.41) is 6.36. The van der Waals surface area contributed by atoms with Crippen molar-refractivity contribution in [1.29, 1.82) is 0 Å². The van der Waals surface area contributed by atoms with Crippen LogP contribution in [0.2, 0.25) is 0 Å². The number of rotatable bonds is 6. The third-order valence-corrected chi connectivity index (χ3v) is 3.32. The van der Waals surface area contributed by atoms with E-state index in [0.717, 1.165) is 11.3 Å². The Morgan fingerprint density at radius 2 is 1.84 bits per heavy atom. The monoisotopic (exact) mass is 459 g/mol. The number of guanidine groups is 1. The van der Waals surface area contributed by atoms with E-state index in [-0.39, 0.29) is 29.8 Å². The quantitative estimate of drug-likeness (QED) is 0.389. The van der Waals surface area contributed by atoms with Crippen molar-refractivity contribution >= 4 is 35.6 Å². The van der Waals surface area contributed by atoms with Gasteiger partial charge in [-0.05, 0) is 36.8 Å². The van der Waals surface area contributed by atoms with E-state index in [9.17, 15) is 4.39 Å². The average Bonchev–Trinajstić information content (AvgIpc) is 2.61. The minimum absolute atomic E-state index is 0. The van der Waals surface area contributed by atoms with E-state index in [1.165, 1.54) is 12.1 Å². The Morgan fingerprint density at radius 3 is 2.44 bits per heavy atom. The Balaban J connectivity index is 0.00000312. The number of nitrogens with zero attached hydrogens (tertiary/aromatic N) is 1. The van der Waals surface area contributed by atoms with Crippen LogP contribution in [0.3, 0.4) is 0 Å². The minimum Gasteiger partial charge on any atom is -0.493 e. The Morgan fingerprint density at radius 1 is 1.12 bits per heavy atom. The fourth-order valence-electron chi connectivity index (χ4n) is 2.12. The van der Waals surface area contributed by atoms with Gasteiger partial charge in [0.25, 0.3) is 0 Å². The highest BCUT2D eigenvalue weighted by Crippen LogP contribution is 2.30. The normalized spacial score (nSPS) is 10.6. The van der Waals surface area contributed by atoms with Crippen molar-refractivity contribution in [2.24, 2.45) is 4.99 Å². The highest BCUT2D eigenvalue weighted by Gasteiger charge is 2.07. The van der Waals surface area contributed by atoms with Crippen LogP contribution in [-0.4, -0.2) is 26.7 Å². The zero-order chi connectivity index (χ0) is 17.4. The number of hydrogen-bond acceptors (Lipinski definition) is 3. The van der Waals surface area contributed by atoms with Crippen molar-refractivity contribution < 1.29 is 13.9 Å². The largest absolute Gasteiger partial charge is 0.493 e. The molecule has 0 aliphatic rings. The number of ether oxygens (including phenoxy) is 2. The Labute approximate surface area is 164 Å². The number of aliphatic imine (C=N–C) groups is 1. The lowest BCUT2D eigenvalue weighted by molar-refractivity contribution is 0.311. The molecule has 5 nitrogen and oxygen atoms in total. The van der Waals surface area contributed by atoms with Gasteiger partial charge in [0, 0.05) is 25.3 Å². The Bertz CT molecular complexity index is 693. The van der Waals surface area contributed by atoms with Gasteiger partial charge in [0.2, 0.25) is 0 Å². The molecule has 2 N–H and O–H groups in total.